The summed E-state index contributed by atoms with van der Waals surface area (Å²) >= 11 is 0. The molecule has 1 heteroatoms. The van der Waals surface area contributed by atoms with E-state index in [9.17, 15) is 4.79 Å². The number of carbonyl (C=O) groups excluding carboxylic acids is 1. The monoisotopic (exact) mass is 106 g/mol. The largest absolute Gasteiger partial charge is 0.279 e. The Morgan fingerprint density at radius 3 is 2.75 bits per heavy atom. The fourth-order valence-corrected chi connectivity index (χ4v) is 0.252. The molecule has 0 aromatic heterocycles. The highest BCUT2D eigenvalue weighted by Crippen LogP contribution is 1.67. The maximum atomic E-state index is 10.3. The minimum absolute atomic E-state index is 0.248. The van der Waals surface area contributed by atoms with Gasteiger partial charge in [0.25, 0.3) is 0 Å². The summed E-state index contributed by atoms with van der Waals surface area (Å²) in [6.07, 6.45) is 1.20. The first kappa shape index (κ1) is 6.75. The molecule has 0 aromatic rings. The molecule has 8 heavy (non-hydrogen) atoms. The van der Waals surface area contributed by atoms with Crippen LogP contribution in [0.1, 0.15) is 6.92 Å². The van der Waals surface area contributed by atoms with Crippen LogP contribution in [0.5, 0.6) is 0 Å². The van der Waals surface area contributed by atoms with E-state index in [1.54, 1.807) is 6.92 Å². The summed E-state index contributed by atoms with van der Waals surface area (Å²) in [6, 6.07) is 0. The molecule has 40 valence electrons. The van der Waals surface area contributed by atoms with E-state index < -0.39 is 0 Å². The zero-order valence-corrected chi connectivity index (χ0v) is 4.69. The Kier molecular flexibility index (Phi) is 3.31. The molecule has 0 rings (SSSR count). The lowest BCUT2D eigenvalue weighted by Crippen LogP contribution is -1.81. The SMILES string of the molecule is C=C=CC(=O)C#CC. The van der Waals surface area contributed by atoms with Gasteiger partial charge in [-0.1, -0.05) is 12.5 Å². The zero-order valence-electron chi connectivity index (χ0n) is 4.69. The Bertz CT molecular complexity index is 184. The molecule has 0 spiro atoms. The molecule has 0 bridgehead atoms. The van der Waals surface area contributed by atoms with Crippen molar-refractivity contribution in [2.45, 2.75) is 6.92 Å². The topological polar surface area (TPSA) is 17.1 Å². The van der Waals surface area contributed by atoms with Crippen molar-refractivity contribution >= 4 is 5.78 Å². The molecule has 0 aromatic carbocycles. The van der Waals surface area contributed by atoms with E-state index in [0.717, 1.165) is 0 Å². The highest BCUT2D eigenvalue weighted by atomic mass is 16.1. The van der Waals surface area contributed by atoms with Crippen molar-refractivity contribution < 1.29 is 4.79 Å². The minimum atomic E-state index is -0.248. The molecule has 0 saturated carbocycles. The van der Waals surface area contributed by atoms with Crippen LogP contribution in [0.3, 0.4) is 0 Å². The normalized spacial score (nSPS) is 5.62. The van der Waals surface area contributed by atoms with Crippen molar-refractivity contribution in [1.82, 2.24) is 0 Å². The maximum absolute atomic E-state index is 10.3. The Labute approximate surface area is 48.7 Å². The van der Waals surface area contributed by atoms with Gasteiger partial charge in [-0.15, -0.1) is 5.73 Å². The molecule has 0 atom stereocenters. The van der Waals surface area contributed by atoms with E-state index in [0.29, 0.717) is 0 Å². The Morgan fingerprint density at radius 1 is 1.75 bits per heavy atom. The quantitative estimate of drug-likeness (QED) is 0.210. The van der Waals surface area contributed by atoms with Gasteiger partial charge >= 0.3 is 0 Å². The molecule has 0 N–H and O–H groups in total. The van der Waals surface area contributed by atoms with Crippen LogP contribution in [0.4, 0.5) is 0 Å². The lowest BCUT2D eigenvalue weighted by atomic mass is 10.4. The van der Waals surface area contributed by atoms with Crippen LogP contribution in [0.15, 0.2) is 18.4 Å². The third-order valence-corrected chi connectivity index (χ3v) is 0.481. The molecule has 1 nitrogen and oxygen atoms in total. The van der Waals surface area contributed by atoms with Crippen molar-refractivity contribution in [2.24, 2.45) is 0 Å². The van der Waals surface area contributed by atoms with Crippen LogP contribution in [0.2, 0.25) is 0 Å². The van der Waals surface area contributed by atoms with Gasteiger partial charge in [0.2, 0.25) is 5.78 Å². The van der Waals surface area contributed by atoms with Crippen molar-refractivity contribution in [2.75, 3.05) is 0 Å². The minimum Gasteiger partial charge on any atom is -0.279 e. The summed E-state index contributed by atoms with van der Waals surface area (Å²) in [5.41, 5.74) is 2.33. The van der Waals surface area contributed by atoms with E-state index in [2.05, 4.69) is 24.2 Å². The number of hydrogen-bond acceptors (Lipinski definition) is 1. The van der Waals surface area contributed by atoms with Crippen molar-refractivity contribution in [3.8, 4) is 11.8 Å². The van der Waals surface area contributed by atoms with Gasteiger partial charge in [0.1, 0.15) is 0 Å². The van der Waals surface area contributed by atoms with Gasteiger partial charge in [0, 0.05) is 6.08 Å². The van der Waals surface area contributed by atoms with Crippen molar-refractivity contribution in [3.05, 3.63) is 18.4 Å². The van der Waals surface area contributed by atoms with Gasteiger partial charge in [-0.2, -0.15) is 0 Å². The molecular weight excluding hydrogens is 100 g/mol. The summed E-state index contributed by atoms with van der Waals surface area (Å²) in [5, 5.41) is 0. The lowest BCUT2D eigenvalue weighted by Gasteiger charge is -1.67. The molecular formula is C7H6O. The second-order valence-electron chi connectivity index (χ2n) is 1.09. The molecule has 0 aliphatic rings. The smallest absolute Gasteiger partial charge is 0.236 e. The van der Waals surface area contributed by atoms with Crippen molar-refractivity contribution in [1.29, 1.82) is 0 Å². The summed E-state index contributed by atoms with van der Waals surface area (Å²) in [5.74, 6) is 4.51. The number of carbonyl (C=O) groups is 1. The fourth-order valence-electron chi connectivity index (χ4n) is 0.252. The van der Waals surface area contributed by atoms with Crippen LogP contribution >= 0.6 is 0 Å². The standard InChI is InChI=1S/C7H6O/c1-3-5-7(8)6-4-2/h5H,1H2,2H3. The first-order valence-corrected chi connectivity index (χ1v) is 2.14. The Morgan fingerprint density at radius 2 is 2.38 bits per heavy atom. The molecule has 0 saturated heterocycles. The summed E-state index contributed by atoms with van der Waals surface area (Å²) < 4.78 is 0. The summed E-state index contributed by atoms with van der Waals surface area (Å²) in [7, 11) is 0. The molecule has 0 fully saturated rings. The van der Waals surface area contributed by atoms with Crippen LogP contribution in [0, 0.1) is 11.8 Å². The maximum Gasteiger partial charge on any atom is 0.236 e. The third kappa shape index (κ3) is 2.96. The number of hydrogen-bond donors (Lipinski definition) is 0. The second kappa shape index (κ2) is 3.92. The van der Waals surface area contributed by atoms with E-state index in [-0.39, 0.29) is 5.78 Å². The molecule has 0 radical (unpaired) electrons. The van der Waals surface area contributed by atoms with Gasteiger partial charge in [0.15, 0.2) is 0 Å². The van der Waals surface area contributed by atoms with Crippen LogP contribution in [0.25, 0.3) is 0 Å². The Balaban J connectivity index is 3.98. The van der Waals surface area contributed by atoms with Crippen LogP contribution in [-0.2, 0) is 4.79 Å². The zero-order chi connectivity index (χ0) is 6.41. The molecule has 0 unspecified atom stereocenters. The number of allylic oxidation sites excluding steroid dienone is 1. The van der Waals surface area contributed by atoms with Crippen molar-refractivity contribution in [3.63, 3.8) is 0 Å². The van der Waals surface area contributed by atoms with E-state index in [1.165, 1.54) is 6.08 Å². The molecule has 0 amide bonds. The summed E-state index contributed by atoms with van der Waals surface area (Å²) in [6.45, 7) is 4.82. The molecule has 0 aliphatic heterocycles. The summed E-state index contributed by atoms with van der Waals surface area (Å²) in [4.78, 5) is 10.3. The highest BCUT2D eigenvalue weighted by Gasteiger charge is 1.80. The highest BCUT2D eigenvalue weighted by molar-refractivity contribution is 6.03. The van der Waals surface area contributed by atoms with Gasteiger partial charge in [-0.05, 0) is 12.8 Å². The van der Waals surface area contributed by atoms with Crippen LogP contribution in [-0.4, -0.2) is 5.78 Å². The van der Waals surface area contributed by atoms with Gasteiger partial charge in [0.05, 0.1) is 0 Å². The fraction of sp³-hybridized carbons (Fsp3) is 0.143. The predicted molar refractivity (Wildman–Crippen MR) is 32.2 cm³/mol. The molecule has 0 aliphatic carbocycles. The van der Waals surface area contributed by atoms with Crippen LogP contribution < -0.4 is 0 Å². The van der Waals surface area contributed by atoms with Gasteiger partial charge < -0.3 is 0 Å². The average Bonchev–Trinajstić information content (AvgIpc) is 1.68. The predicted octanol–water partition coefficient (Wildman–Crippen LogP) is 0.920. The first-order chi connectivity index (χ1) is 3.81. The molecule has 0 heterocycles. The lowest BCUT2D eigenvalue weighted by molar-refractivity contribution is -0.109. The number of ketones is 1. The Hall–Kier alpha value is -1.25. The first-order valence-electron chi connectivity index (χ1n) is 2.14. The van der Waals surface area contributed by atoms with E-state index in [1.807, 2.05) is 0 Å². The van der Waals surface area contributed by atoms with Gasteiger partial charge in [-0.3, -0.25) is 4.79 Å². The van der Waals surface area contributed by atoms with E-state index in [4.69, 9.17) is 0 Å². The third-order valence-electron chi connectivity index (χ3n) is 0.481. The van der Waals surface area contributed by atoms with Gasteiger partial charge in [-0.25, -0.2) is 0 Å². The second-order valence-corrected chi connectivity index (χ2v) is 1.09. The van der Waals surface area contributed by atoms with E-state index >= 15 is 0 Å². The average molecular weight is 106 g/mol. The number of rotatable bonds is 1.